The normalized spacial score (nSPS) is 34.7. The van der Waals surface area contributed by atoms with E-state index in [0.717, 1.165) is 6.42 Å². The number of rotatable bonds is 4. The molecule has 4 nitrogen and oxygen atoms in total. The van der Waals surface area contributed by atoms with Crippen LogP contribution < -0.4 is 0 Å². The lowest BCUT2D eigenvalue weighted by molar-refractivity contribution is -0.200. The van der Waals surface area contributed by atoms with Crippen LogP contribution >= 0.6 is 0 Å². The number of methoxy groups -OCH3 is 1. The summed E-state index contributed by atoms with van der Waals surface area (Å²) >= 11 is 0. The van der Waals surface area contributed by atoms with Gasteiger partial charge in [-0.2, -0.15) is 0 Å². The quantitative estimate of drug-likeness (QED) is 0.815. The van der Waals surface area contributed by atoms with Gasteiger partial charge in [-0.15, -0.1) is 0 Å². The Morgan fingerprint density at radius 2 is 2.06 bits per heavy atom. The van der Waals surface area contributed by atoms with Crippen LogP contribution in [-0.4, -0.2) is 38.3 Å². The first-order valence-corrected chi connectivity index (χ1v) is 6.32. The molecule has 2 saturated heterocycles. The Labute approximate surface area is 107 Å². The average Bonchev–Trinajstić information content (AvgIpc) is 2.84. The second-order valence-electron chi connectivity index (χ2n) is 4.72. The minimum Gasteiger partial charge on any atom is -0.376 e. The third kappa shape index (κ3) is 2.42. The van der Waals surface area contributed by atoms with E-state index in [9.17, 15) is 0 Å². The summed E-state index contributed by atoms with van der Waals surface area (Å²) in [4.78, 5) is 0. The first-order valence-electron chi connectivity index (χ1n) is 6.32. The van der Waals surface area contributed by atoms with E-state index in [4.69, 9.17) is 18.9 Å². The van der Waals surface area contributed by atoms with E-state index in [1.165, 1.54) is 5.56 Å². The number of fused-ring (bicyclic) bond motifs is 2. The van der Waals surface area contributed by atoms with Gasteiger partial charge in [-0.25, -0.2) is 0 Å². The van der Waals surface area contributed by atoms with Crippen molar-refractivity contribution in [2.24, 2.45) is 0 Å². The van der Waals surface area contributed by atoms with Crippen molar-refractivity contribution in [2.75, 3.05) is 13.7 Å². The van der Waals surface area contributed by atoms with E-state index in [1.807, 2.05) is 18.2 Å². The molecule has 0 spiro atoms. The third-order valence-electron chi connectivity index (χ3n) is 3.53. The maximum Gasteiger partial charge on any atom is 0.184 e. The van der Waals surface area contributed by atoms with Gasteiger partial charge in [0.2, 0.25) is 0 Å². The van der Waals surface area contributed by atoms with Gasteiger partial charge in [-0.1, -0.05) is 30.3 Å². The molecule has 18 heavy (non-hydrogen) atoms. The van der Waals surface area contributed by atoms with Crippen molar-refractivity contribution in [1.29, 1.82) is 0 Å². The molecule has 4 atom stereocenters. The van der Waals surface area contributed by atoms with Crippen LogP contribution in [0.5, 0.6) is 0 Å². The van der Waals surface area contributed by atoms with Crippen molar-refractivity contribution < 1.29 is 18.9 Å². The van der Waals surface area contributed by atoms with Crippen LogP contribution in [0.4, 0.5) is 0 Å². The van der Waals surface area contributed by atoms with E-state index in [0.29, 0.717) is 13.2 Å². The lowest BCUT2D eigenvalue weighted by atomic mass is 10.0. The summed E-state index contributed by atoms with van der Waals surface area (Å²) in [5.41, 5.74) is 1.17. The van der Waals surface area contributed by atoms with Gasteiger partial charge >= 0.3 is 0 Å². The van der Waals surface area contributed by atoms with E-state index in [1.54, 1.807) is 7.11 Å². The molecule has 2 aliphatic heterocycles. The maximum absolute atomic E-state index is 5.95. The first kappa shape index (κ1) is 12.1. The smallest absolute Gasteiger partial charge is 0.184 e. The zero-order valence-electron chi connectivity index (χ0n) is 10.5. The highest BCUT2D eigenvalue weighted by atomic mass is 16.7. The van der Waals surface area contributed by atoms with Gasteiger partial charge in [0.25, 0.3) is 0 Å². The minimum absolute atomic E-state index is 0.0236. The van der Waals surface area contributed by atoms with E-state index >= 15 is 0 Å². The fourth-order valence-electron chi connectivity index (χ4n) is 2.48. The van der Waals surface area contributed by atoms with Gasteiger partial charge in [0.05, 0.1) is 19.3 Å². The summed E-state index contributed by atoms with van der Waals surface area (Å²) in [5, 5.41) is 0. The SMILES string of the molecule is COC1CC(OCc2ccccc2)C2COC1O2. The predicted octanol–water partition coefficient (Wildman–Crippen LogP) is 1.73. The molecule has 3 rings (SSSR count). The Bertz CT molecular complexity index is 381. The molecule has 2 fully saturated rings. The lowest BCUT2D eigenvalue weighted by Gasteiger charge is -2.32. The maximum atomic E-state index is 5.95. The summed E-state index contributed by atoms with van der Waals surface area (Å²) in [6.45, 7) is 1.20. The number of hydrogen-bond donors (Lipinski definition) is 0. The Balaban J connectivity index is 1.59. The van der Waals surface area contributed by atoms with Gasteiger partial charge in [0.15, 0.2) is 6.29 Å². The van der Waals surface area contributed by atoms with Crippen LogP contribution in [0, 0.1) is 0 Å². The average molecular weight is 250 g/mol. The molecule has 0 radical (unpaired) electrons. The van der Waals surface area contributed by atoms with Gasteiger partial charge in [0.1, 0.15) is 12.2 Å². The molecule has 2 aliphatic rings. The summed E-state index contributed by atoms with van der Waals surface area (Å²) in [5.74, 6) is 0. The monoisotopic (exact) mass is 250 g/mol. The highest BCUT2D eigenvalue weighted by molar-refractivity contribution is 5.13. The van der Waals surface area contributed by atoms with Crippen molar-refractivity contribution in [3.05, 3.63) is 35.9 Å². The molecule has 98 valence electrons. The molecule has 1 aromatic rings. The standard InChI is InChI=1S/C14H18O4/c1-15-12-7-11(13-9-17-14(12)18-13)16-8-10-5-3-2-4-6-10/h2-6,11-14H,7-9H2,1H3. The Morgan fingerprint density at radius 1 is 1.22 bits per heavy atom. The van der Waals surface area contributed by atoms with Crippen molar-refractivity contribution in [3.8, 4) is 0 Å². The summed E-state index contributed by atoms with van der Waals surface area (Å²) in [6.07, 6.45) is 0.693. The van der Waals surface area contributed by atoms with Crippen LogP contribution in [0.2, 0.25) is 0 Å². The number of hydrogen-bond acceptors (Lipinski definition) is 4. The first-order chi connectivity index (χ1) is 8.86. The second-order valence-corrected chi connectivity index (χ2v) is 4.72. The van der Waals surface area contributed by atoms with Crippen LogP contribution in [-0.2, 0) is 25.6 Å². The summed E-state index contributed by atoms with van der Waals surface area (Å²) in [7, 11) is 1.68. The van der Waals surface area contributed by atoms with Crippen LogP contribution in [0.15, 0.2) is 30.3 Å². The zero-order valence-corrected chi connectivity index (χ0v) is 10.5. The molecule has 0 N–H and O–H groups in total. The molecular formula is C14H18O4. The van der Waals surface area contributed by atoms with Crippen molar-refractivity contribution in [1.82, 2.24) is 0 Å². The van der Waals surface area contributed by atoms with Crippen LogP contribution in [0.3, 0.4) is 0 Å². The van der Waals surface area contributed by atoms with Crippen molar-refractivity contribution in [3.63, 3.8) is 0 Å². The Morgan fingerprint density at radius 3 is 2.83 bits per heavy atom. The van der Waals surface area contributed by atoms with E-state index in [2.05, 4.69) is 12.1 Å². The fourth-order valence-corrected chi connectivity index (χ4v) is 2.48. The molecule has 0 aromatic heterocycles. The lowest BCUT2D eigenvalue weighted by Crippen LogP contribution is -2.44. The molecule has 2 bridgehead atoms. The minimum atomic E-state index is -0.212. The third-order valence-corrected chi connectivity index (χ3v) is 3.53. The van der Waals surface area contributed by atoms with Gasteiger partial charge in [-0.05, 0) is 5.56 Å². The Kier molecular flexibility index (Phi) is 3.61. The molecule has 0 saturated carbocycles. The van der Waals surface area contributed by atoms with Crippen molar-refractivity contribution in [2.45, 2.75) is 37.6 Å². The summed E-state index contributed by atoms with van der Waals surface area (Å²) < 4.78 is 22.6. The number of benzene rings is 1. The van der Waals surface area contributed by atoms with Gasteiger partial charge in [-0.3, -0.25) is 0 Å². The molecule has 0 amide bonds. The topological polar surface area (TPSA) is 36.9 Å². The van der Waals surface area contributed by atoms with Gasteiger partial charge in [0, 0.05) is 13.5 Å². The number of ether oxygens (including phenoxy) is 4. The zero-order chi connectivity index (χ0) is 12.4. The largest absolute Gasteiger partial charge is 0.376 e. The van der Waals surface area contributed by atoms with E-state index < -0.39 is 0 Å². The molecule has 2 heterocycles. The predicted molar refractivity (Wildman–Crippen MR) is 65.0 cm³/mol. The molecule has 1 aromatic carbocycles. The molecule has 0 aliphatic carbocycles. The molecule has 4 heteroatoms. The Hall–Kier alpha value is -0.940. The van der Waals surface area contributed by atoms with Crippen molar-refractivity contribution >= 4 is 0 Å². The fraction of sp³-hybridized carbons (Fsp3) is 0.571. The second kappa shape index (κ2) is 5.36. The van der Waals surface area contributed by atoms with Gasteiger partial charge < -0.3 is 18.9 Å². The van der Waals surface area contributed by atoms with Crippen LogP contribution in [0.1, 0.15) is 12.0 Å². The van der Waals surface area contributed by atoms with Crippen LogP contribution in [0.25, 0.3) is 0 Å². The molecule has 4 unspecified atom stereocenters. The highest BCUT2D eigenvalue weighted by Gasteiger charge is 2.44. The van der Waals surface area contributed by atoms with E-state index in [-0.39, 0.29) is 24.6 Å². The summed E-state index contributed by atoms with van der Waals surface area (Å²) in [6, 6.07) is 10.2. The highest BCUT2D eigenvalue weighted by Crippen LogP contribution is 2.31. The molecular weight excluding hydrogens is 232 g/mol.